The Morgan fingerprint density at radius 1 is 1.31 bits per heavy atom. The molecule has 0 aromatic heterocycles. The lowest BCUT2D eigenvalue weighted by Crippen LogP contribution is -2.43. The second-order valence-corrected chi connectivity index (χ2v) is 8.00. The molecule has 0 spiro atoms. The van der Waals surface area contributed by atoms with Crippen molar-refractivity contribution in [1.82, 2.24) is 15.1 Å². The minimum atomic E-state index is -0.328. The first-order valence-electron chi connectivity index (χ1n) is 10.6. The van der Waals surface area contributed by atoms with Gasteiger partial charge in [-0.05, 0) is 31.9 Å². The first kappa shape index (κ1) is 23.2. The number of nitrogens with zero attached hydrogens (tertiary/aromatic N) is 4. The fourth-order valence-corrected chi connectivity index (χ4v) is 3.97. The van der Waals surface area contributed by atoms with Gasteiger partial charge in [0.2, 0.25) is 12.3 Å². The number of imide groups is 1. The number of ether oxygens (including phenoxy) is 1. The Hall–Kier alpha value is -3.49. The number of benzene rings is 1. The minimum Gasteiger partial charge on any atom is -0.496 e. The lowest BCUT2D eigenvalue weighted by molar-refractivity contribution is -0.134. The Labute approximate surface area is 187 Å². The van der Waals surface area contributed by atoms with Gasteiger partial charge in [0.15, 0.2) is 0 Å². The molecule has 0 saturated heterocycles. The summed E-state index contributed by atoms with van der Waals surface area (Å²) in [4.78, 5) is 38.9. The van der Waals surface area contributed by atoms with E-state index in [1.807, 2.05) is 43.0 Å². The summed E-state index contributed by atoms with van der Waals surface area (Å²) < 4.78 is 5.43. The van der Waals surface area contributed by atoms with Crippen molar-refractivity contribution in [3.8, 4) is 5.75 Å². The van der Waals surface area contributed by atoms with Crippen LogP contribution in [0.1, 0.15) is 38.7 Å². The van der Waals surface area contributed by atoms with Crippen molar-refractivity contribution in [1.29, 1.82) is 0 Å². The third-order valence-corrected chi connectivity index (χ3v) is 5.75. The van der Waals surface area contributed by atoms with Gasteiger partial charge in [-0.15, -0.1) is 5.10 Å². The topological polar surface area (TPSA) is 104 Å². The average Bonchev–Trinajstić information content (AvgIpc) is 2.79. The molecule has 2 aliphatic rings. The van der Waals surface area contributed by atoms with Crippen LogP contribution in [-0.4, -0.2) is 66.8 Å². The van der Waals surface area contributed by atoms with Crippen LogP contribution in [-0.2, 0) is 14.4 Å². The molecule has 1 atom stereocenters. The number of carbonyl (C=O) groups is 3. The molecule has 1 aromatic rings. The van der Waals surface area contributed by atoms with Gasteiger partial charge in [0.25, 0.3) is 5.91 Å². The van der Waals surface area contributed by atoms with E-state index in [2.05, 4.69) is 15.5 Å². The van der Waals surface area contributed by atoms with Crippen molar-refractivity contribution in [2.45, 2.75) is 33.1 Å². The molecule has 2 heterocycles. The highest BCUT2D eigenvalue weighted by Crippen LogP contribution is 2.26. The number of amidine groups is 1. The molecular formula is C23H29N5O4. The molecule has 1 aromatic carbocycles. The maximum atomic E-state index is 12.7. The van der Waals surface area contributed by atoms with Crippen LogP contribution in [0, 0.1) is 5.92 Å². The molecule has 1 N–H and O–H groups in total. The van der Waals surface area contributed by atoms with Gasteiger partial charge in [-0.25, -0.2) is 0 Å². The predicted octanol–water partition coefficient (Wildman–Crippen LogP) is 1.94. The fourth-order valence-electron chi connectivity index (χ4n) is 3.97. The monoisotopic (exact) mass is 439 g/mol. The third kappa shape index (κ3) is 5.04. The number of methoxy groups -OCH3 is 1. The molecule has 0 aliphatic carbocycles. The van der Waals surface area contributed by atoms with E-state index in [0.717, 1.165) is 34.0 Å². The SMILES string of the molecule is COc1ccccc1C1=NN=C(NC(=O)CN2CCCC(C(=O)N(C)C=O)=C2C)CC1C. The van der Waals surface area contributed by atoms with E-state index >= 15 is 0 Å². The Morgan fingerprint density at radius 2 is 2.06 bits per heavy atom. The first-order chi connectivity index (χ1) is 15.3. The van der Waals surface area contributed by atoms with Gasteiger partial charge in [0.1, 0.15) is 11.6 Å². The molecule has 0 radical (unpaired) electrons. The lowest BCUT2D eigenvalue weighted by Gasteiger charge is -2.32. The van der Waals surface area contributed by atoms with Crippen LogP contribution in [0.4, 0.5) is 0 Å². The minimum absolute atomic E-state index is 0.0545. The van der Waals surface area contributed by atoms with E-state index in [4.69, 9.17) is 4.74 Å². The highest BCUT2D eigenvalue weighted by atomic mass is 16.5. The number of hydrogen-bond acceptors (Lipinski definition) is 7. The number of rotatable bonds is 6. The largest absolute Gasteiger partial charge is 0.496 e. The molecule has 3 rings (SSSR count). The van der Waals surface area contributed by atoms with E-state index < -0.39 is 0 Å². The van der Waals surface area contributed by atoms with Gasteiger partial charge in [-0.1, -0.05) is 19.1 Å². The van der Waals surface area contributed by atoms with Crippen LogP contribution in [0.15, 0.2) is 45.7 Å². The van der Waals surface area contributed by atoms with Crippen molar-refractivity contribution in [2.24, 2.45) is 16.1 Å². The standard InChI is InChI=1S/C23H29N5O4/c1-15-12-20(25-26-22(15)18-8-5-6-10-19(18)32-4)24-21(30)13-28-11-7-9-17(16(28)2)23(31)27(3)14-29/h5-6,8,10,14-15H,7,9,11-13H2,1-4H3,(H,24,25,30). The summed E-state index contributed by atoms with van der Waals surface area (Å²) in [5.74, 6) is 0.754. The van der Waals surface area contributed by atoms with Gasteiger partial charge in [-0.2, -0.15) is 5.10 Å². The molecule has 170 valence electrons. The van der Waals surface area contributed by atoms with Crippen molar-refractivity contribution < 1.29 is 19.1 Å². The summed E-state index contributed by atoms with van der Waals surface area (Å²) in [7, 11) is 3.05. The Balaban J connectivity index is 1.69. The number of hydrogen-bond donors (Lipinski definition) is 1. The zero-order valence-electron chi connectivity index (χ0n) is 18.9. The summed E-state index contributed by atoms with van der Waals surface area (Å²) in [5.41, 5.74) is 3.00. The summed E-state index contributed by atoms with van der Waals surface area (Å²) in [6.07, 6.45) is 2.37. The second-order valence-electron chi connectivity index (χ2n) is 8.00. The first-order valence-corrected chi connectivity index (χ1v) is 10.6. The smallest absolute Gasteiger partial charge is 0.257 e. The molecular weight excluding hydrogens is 410 g/mol. The molecule has 9 nitrogen and oxygen atoms in total. The summed E-state index contributed by atoms with van der Waals surface area (Å²) >= 11 is 0. The zero-order valence-corrected chi connectivity index (χ0v) is 18.9. The van der Waals surface area contributed by atoms with E-state index in [-0.39, 0.29) is 24.3 Å². The quantitative estimate of drug-likeness (QED) is 0.683. The van der Waals surface area contributed by atoms with Crippen molar-refractivity contribution in [3.05, 3.63) is 41.1 Å². The second kappa shape index (κ2) is 10.2. The molecule has 32 heavy (non-hydrogen) atoms. The Kier molecular flexibility index (Phi) is 7.40. The number of para-hydroxylation sites is 1. The van der Waals surface area contributed by atoms with E-state index in [9.17, 15) is 14.4 Å². The van der Waals surface area contributed by atoms with Crippen molar-refractivity contribution in [2.75, 3.05) is 27.2 Å². The fraction of sp³-hybridized carbons (Fsp3) is 0.435. The number of likely N-dealkylation sites (N-methyl/N-ethyl adjacent to an activating group) is 1. The normalized spacial score (nSPS) is 18.5. The van der Waals surface area contributed by atoms with Crippen LogP contribution < -0.4 is 10.1 Å². The highest BCUT2D eigenvalue weighted by molar-refractivity contribution is 6.09. The number of allylic oxidation sites excluding steroid dienone is 1. The highest BCUT2D eigenvalue weighted by Gasteiger charge is 2.27. The third-order valence-electron chi connectivity index (χ3n) is 5.75. The van der Waals surface area contributed by atoms with Gasteiger partial charge in [0, 0.05) is 42.8 Å². The van der Waals surface area contributed by atoms with Gasteiger partial charge < -0.3 is 15.0 Å². The van der Waals surface area contributed by atoms with E-state index in [1.54, 1.807) is 7.11 Å². The number of amides is 3. The average molecular weight is 440 g/mol. The Morgan fingerprint density at radius 3 is 2.75 bits per heavy atom. The number of nitrogens with one attached hydrogen (secondary N) is 1. The summed E-state index contributed by atoms with van der Waals surface area (Å²) in [6, 6.07) is 7.65. The molecule has 1 unspecified atom stereocenters. The molecule has 9 heteroatoms. The summed E-state index contributed by atoms with van der Waals surface area (Å²) in [5, 5.41) is 11.4. The summed E-state index contributed by atoms with van der Waals surface area (Å²) in [6.45, 7) is 4.61. The molecule has 0 saturated carbocycles. The van der Waals surface area contributed by atoms with Crippen LogP contribution in [0.3, 0.4) is 0 Å². The van der Waals surface area contributed by atoms with Crippen LogP contribution >= 0.6 is 0 Å². The van der Waals surface area contributed by atoms with Gasteiger partial charge >= 0.3 is 0 Å². The molecule has 0 fully saturated rings. The van der Waals surface area contributed by atoms with Crippen LogP contribution in [0.25, 0.3) is 0 Å². The molecule has 3 amide bonds. The maximum Gasteiger partial charge on any atom is 0.257 e. The van der Waals surface area contributed by atoms with Gasteiger partial charge in [-0.3, -0.25) is 19.3 Å². The lowest BCUT2D eigenvalue weighted by atomic mass is 9.93. The number of carbonyl (C=O) groups excluding carboxylic acids is 3. The predicted molar refractivity (Wildman–Crippen MR) is 121 cm³/mol. The molecule has 2 aliphatic heterocycles. The Bertz CT molecular complexity index is 998. The van der Waals surface area contributed by atoms with Gasteiger partial charge in [0.05, 0.1) is 19.4 Å². The van der Waals surface area contributed by atoms with E-state index in [0.29, 0.717) is 37.2 Å². The molecule has 0 bridgehead atoms. The van der Waals surface area contributed by atoms with Crippen LogP contribution in [0.2, 0.25) is 0 Å². The maximum absolute atomic E-state index is 12.7. The zero-order chi connectivity index (χ0) is 23.3. The van der Waals surface area contributed by atoms with E-state index in [1.165, 1.54) is 7.05 Å². The van der Waals surface area contributed by atoms with Crippen LogP contribution in [0.5, 0.6) is 5.75 Å². The van der Waals surface area contributed by atoms with Crippen molar-refractivity contribution >= 4 is 29.8 Å². The van der Waals surface area contributed by atoms with Crippen molar-refractivity contribution in [3.63, 3.8) is 0 Å².